The van der Waals surface area contributed by atoms with Crippen LogP contribution in [-0.2, 0) is 0 Å². The van der Waals surface area contributed by atoms with Gasteiger partial charge in [-0.3, -0.25) is 5.10 Å². The van der Waals surface area contributed by atoms with Crippen molar-refractivity contribution in [3.8, 4) is 22.8 Å². The molecule has 0 aromatic heterocycles. The number of thiocarbonyl (C=S) groups is 1. The maximum absolute atomic E-state index is 13.6. The van der Waals surface area contributed by atoms with Crippen molar-refractivity contribution in [1.29, 1.82) is 0 Å². The second kappa shape index (κ2) is 7.05. The Morgan fingerprint density at radius 3 is 2.54 bits per heavy atom. The lowest BCUT2D eigenvalue weighted by molar-refractivity contribution is 0.356. The summed E-state index contributed by atoms with van der Waals surface area (Å²) in [6, 6.07) is 12.2. The van der Waals surface area contributed by atoms with Gasteiger partial charge >= 0.3 is 0 Å². The fraction of sp³-hybridized carbons (Fsp3) is 0.150. The van der Waals surface area contributed by atoms with Crippen LogP contribution in [0.3, 0.4) is 0 Å². The van der Waals surface area contributed by atoms with Crippen molar-refractivity contribution >= 4 is 39.6 Å². The van der Waals surface area contributed by atoms with Crippen LogP contribution in [0.25, 0.3) is 22.0 Å². The number of anilines is 2. The highest BCUT2D eigenvalue weighted by molar-refractivity contribution is 7.80. The average Bonchev–Trinajstić information content (AvgIpc) is 3.22. The van der Waals surface area contributed by atoms with Gasteiger partial charge in [0.25, 0.3) is 0 Å². The van der Waals surface area contributed by atoms with Gasteiger partial charge in [-0.2, -0.15) is 0 Å². The lowest BCUT2D eigenvalue weighted by atomic mass is 10.2. The largest absolute Gasteiger partial charge is 0.493 e. The molecule has 0 radical (unpaired) electrons. The zero-order valence-corrected chi connectivity index (χ0v) is 16.4. The van der Waals surface area contributed by atoms with E-state index in [0.29, 0.717) is 28.1 Å². The molecule has 1 aliphatic heterocycles. The molecule has 0 fully saturated rings. The number of nitrogens with one attached hydrogen (secondary N) is 3. The van der Waals surface area contributed by atoms with E-state index in [2.05, 4.69) is 15.7 Å². The molecule has 6 nitrogen and oxygen atoms in total. The van der Waals surface area contributed by atoms with Gasteiger partial charge in [0.15, 0.2) is 16.6 Å². The third-order valence-electron chi connectivity index (χ3n) is 4.60. The zero-order chi connectivity index (χ0) is 19.8. The first-order chi connectivity index (χ1) is 13.5. The number of ether oxygens (including phenoxy) is 2. The van der Waals surface area contributed by atoms with Gasteiger partial charge in [-0.1, -0.05) is 6.07 Å². The molecule has 0 saturated carbocycles. The Balaban J connectivity index is 1.92. The van der Waals surface area contributed by atoms with Gasteiger partial charge in [-0.15, -0.1) is 0 Å². The lowest BCUT2D eigenvalue weighted by Gasteiger charge is -2.12. The van der Waals surface area contributed by atoms with E-state index in [4.69, 9.17) is 21.7 Å². The van der Waals surface area contributed by atoms with Crippen LogP contribution in [0.4, 0.5) is 15.9 Å². The van der Waals surface area contributed by atoms with Crippen molar-refractivity contribution in [3.63, 3.8) is 0 Å². The summed E-state index contributed by atoms with van der Waals surface area (Å²) >= 11 is 5.43. The normalized spacial score (nSPS) is 11.0. The van der Waals surface area contributed by atoms with E-state index in [1.54, 1.807) is 38.1 Å². The predicted octanol–water partition coefficient (Wildman–Crippen LogP) is 4.33. The summed E-state index contributed by atoms with van der Waals surface area (Å²) in [5, 5.41) is 12.0. The second-order valence-electron chi connectivity index (χ2n) is 6.21. The molecule has 2 aromatic carbocycles. The van der Waals surface area contributed by atoms with Gasteiger partial charge in [-0.05, 0) is 54.0 Å². The summed E-state index contributed by atoms with van der Waals surface area (Å²) in [4.78, 5) is 0. The minimum absolute atomic E-state index is 0.318. The molecule has 0 amide bonds. The number of hydrogen-bond donors (Lipinski definition) is 3. The van der Waals surface area contributed by atoms with Crippen LogP contribution in [0.1, 0.15) is 0 Å². The van der Waals surface area contributed by atoms with Crippen LogP contribution >= 0.6 is 12.2 Å². The molecule has 0 saturated heterocycles. The van der Waals surface area contributed by atoms with E-state index >= 15 is 0 Å². The Morgan fingerprint density at radius 1 is 1.11 bits per heavy atom. The van der Waals surface area contributed by atoms with Crippen LogP contribution in [0.5, 0.6) is 11.5 Å². The second-order valence-corrected chi connectivity index (χ2v) is 6.60. The number of fused-ring (bicyclic) bond motifs is 3. The van der Waals surface area contributed by atoms with E-state index in [1.807, 2.05) is 18.2 Å². The molecular formula is C20H19FN4O2S. The smallest absolute Gasteiger partial charge is 0.193 e. The molecule has 0 atom stereocenters. The summed E-state index contributed by atoms with van der Waals surface area (Å²) in [7, 11) is 4.96. The number of aromatic amines is 1. The number of halogens is 1. The Bertz CT molecular complexity index is 1150. The topological polar surface area (TPSA) is 63.2 Å². The molecule has 0 spiro atoms. The van der Waals surface area contributed by atoms with Crippen molar-refractivity contribution in [2.75, 3.05) is 26.6 Å². The molecule has 2 aromatic rings. The molecule has 0 unspecified atom stereocenters. The number of nitrogens with zero attached hydrogens (tertiary/aromatic N) is 1. The lowest BCUT2D eigenvalue weighted by Crippen LogP contribution is -2.26. The SMILES string of the molecule is CNC(=S)n1[nH]c2c3cc(OC)c(OC)cc3cc-2c1Nc1cccc(F)c1. The van der Waals surface area contributed by atoms with E-state index in [0.717, 1.165) is 22.0 Å². The molecule has 1 aliphatic carbocycles. The first-order valence-corrected chi connectivity index (χ1v) is 9.00. The minimum Gasteiger partial charge on any atom is -0.493 e. The standard InChI is InChI=1S/C20H19FN4O2S/c1-22-20(28)25-19(23-13-6-4-5-12(21)9-13)15-7-11-8-16(26-2)17(27-3)10-14(11)18(15)24-25/h4-10,23-24H,1-3H3,(H,22,28). The van der Waals surface area contributed by atoms with Crippen LogP contribution < -0.4 is 20.1 Å². The van der Waals surface area contributed by atoms with Crippen molar-refractivity contribution < 1.29 is 13.9 Å². The van der Waals surface area contributed by atoms with Crippen LogP contribution in [0.15, 0.2) is 42.5 Å². The highest BCUT2D eigenvalue weighted by Crippen LogP contribution is 2.43. The molecule has 1 heterocycles. The van der Waals surface area contributed by atoms with Crippen molar-refractivity contribution in [2.45, 2.75) is 0 Å². The fourth-order valence-electron chi connectivity index (χ4n) is 3.29. The van der Waals surface area contributed by atoms with E-state index in [-0.39, 0.29) is 5.82 Å². The third kappa shape index (κ3) is 2.91. The molecule has 8 heteroatoms. The Kier molecular flexibility index (Phi) is 4.56. The van der Waals surface area contributed by atoms with E-state index in [9.17, 15) is 4.39 Å². The van der Waals surface area contributed by atoms with Crippen LogP contribution in [0, 0.1) is 5.82 Å². The van der Waals surface area contributed by atoms with Gasteiger partial charge in [0.1, 0.15) is 11.6 Å². The van der Waals surface area contributed by atoms with Gasteiger partial charge in [-0.25, -0.2) is 9.07 Å². The Hall–Kier alpha value is -3.26. The number of hydrogen-bond acceptors (Lipinski definition) is 4. The van der Waals surface area contributed by atoms with Gasteiger partial charge in [0.2, 0.25) is 0 Å². The van der Waals surface area contributed by atoms with Crippen molar-refractivity contribution in [2.24, 2.45) is 0 Å². The molecular weight excluding hydrogens is 379 g/mol. The Labute approximate surface area is 166 Å². The quantitative estimate of drug-likeness (QED) is 0.447. The minimum atomic E-state index is -0.318. The monoisotopic (exact) mass is 398 g/mol. The van der Waals surface area contributed by atoms with Gasteiger partial charge in [0.05, 0.1) is 19.9 Å². The van der Waals surface area contributed by atoms with E-state index in [1.165, 1.54) is 12.1 Å². The van der Waals surface area contributed by atoms with Crippen molar-refractivity contribution in [3.05, 3.63) is 48.3 Å². The first kappa shape index (κ1) is 18.1. The fourth-order valence-corrected chi connectivity index (χ4v) is 3.43. The van der Waals surface area contributed by atoms with Crippen molar-refractivity contribution in [1.82, 2.24) is 15.1 Å². The summed E-state index contributed by atoms with van der Waals surface area (Å²) in [5.41, 5.74) is 2.41. The number of rotatable bonds is 4. The zero-order valence-electron chi connectivity index (χ0n) is 15.6. The molecule has 4 rings (SSSR count). The summed E-state index contributed by atoms with van der Waals surface area (Å²) in [5.74, 6) is 1.68. The molecule has 2 aliphatic rings. The maximum atomic E-state index is 13.6. The summed E-state index contributed by atoms with van der Waals surface area (Å²) in [6.07, 6.45) is 0. The number of benzene rings is 2. The molecule has 0 bridgehead atoms. The van der Waals surface area contributed by atoms with Gasteiger partial charge in [0, 0.05) is 23.7 Å². The Morgan fingerprint density at radius 2 is 1.86 bits per heavy atom. The third-order valence-corrected chi connectivity index (χ3v) is 4.99. The number of methoxy groups -OCH3 is 2. The number of H-pyrrole nitrogens is 1. The van der Waals surface area contributed by atoms with Gasteiger partial charge < -0.3 is 20.1 Å². The maximum Gasteiger partial charge on any atom is 0.193 e. The van der Waals surface area contributed by atoms with Crippen LogP contribution in [0.2, 0.25) is 0 Å². The molecule has 3 N–H and O–H groups in total. The van der Waals surface area contributed by atoms with Crippen LogP contribution in [-0.4, -0.2) is 36.2 Å². The highest BCUT2D eigenvalue weighted by atomic mass is 32.1. The summed E-state index contributed by atoms with van der Waals surface area (Å²) in [6.45, 7) is 0. The number of aromatic nitrogens is 2. The first-order valence-electron chi connectivity index (χ1n) is 8.59. The highest BCUT2D eigenvalue weighted by Gasteiger charge is 2.23. The average molecular weight is 398 g/mol. The summed E-state index contributed by atoms with van der Waals surface area (Å²) < 4.78 is 26.2. The molecule has 144 valence electrons. The van der Waals surface area contributed by atoms with E-state index < -0.39 is 0 Å². The molecule has 28 heavy (non-hydrogen) atoms. The predicted molar refractivity (Wildman–Crippen MR) is 113 cm³/mol.